The summed E-state index contributed by atoms with van der Waals surface area (Å²) in [6.45, 7) is 4.00. The van der Waals surface area contributed by atoms with Crippen molar-refractivity contribution in [1.82, 2.24) is 4.90 Å². The first-order chi connectivity index (χ1) is 10.0. The van der Waals surface area contributed by atoms with E-state index in [0.717, 1.165) is 13.0 Å². The SMILES string of the molecule is CC1CCCN(CC(=O)Nc2cccc(Cl)c2Cl)C1CN. The largest absolute Gasteiger partial charge is 0.329 e. The molecule has 0 spiro atoms. The Morgan fingerprint density at radius 2 is 2.24 bits per heavy atom. The van der Waals surface area contributed by atoms with Crippen molar-refractivity contribution in [3.05, 3.63) is 28.2 Å². The first kappa shape index (κ1) is 16.6. The van der Waals surface area contributed by atoms with Crippen molar-refractivity contribution in [2.45, 2.75) is 25.8 Å². The van der Waals surface area contributed by atoms with Crippen molar-refractivity contribution in [3.8, 4) is 0 Å². The zero-order chi connectivity index (χ0) is 15.4. The number of piperidine rings is 1. The van der Waals surface area contributed by atoms with Crippen LogP contribution in [-0.2, 0) is 4.79 Å². The van der Waals surface area contributed by atoms with Gasteiger partial charge in [0, 0.05) is 12.6 Å². The molecule has 116 valence electrons. The third-order valence-electron chi connectivity index (χ3n) is 4.04. The minimum Gasteiger partial charge on any atom is -0.329 e. The van der Waals surface area contributed by atoms with E-state index in [4.69, 9.17) is 28.9 Å². The summed E-state index contributed by atoms with van der Waals surface area (Å²) in [4.78, 5) is 14.4. The Labute approximate surface area is 135 Å². The fourth-order valence-electron chi connectivity index (χ4n) is 2.89. The van der Waals surface area contributed by atoms with E-state index in [2.05, 4.69) is 17.1 Å². The number of nitrogens with one attached hydrogen (secondary N) is 1. The molecule has 0 saturated carbocycles. The van der Waals surface area contributed by atoms with Crippen LogP contribution in [0.4, 0.5) is 5.69 Å². The van der Waals surface area contributed by atoms with Crippen molar-refractivity contribution in [2.24, 2.45) is 11.7 Å². The number of anilines is 1. The number of amides is 1. The highest BCUT2D eigenvalue weighted by atomic mass is 35.5. The van der Waals surface area contributed by atoms with E-state index in [9.17, 15) is 4.79 Å². The standard InChI is InChI=1S/C15H21Cl2N3O/c1-10-4-3-7-20(13(10)8-18)9-14(21)19-12-6-2-5-11(16)15(12)17/h2,5-6,10,13H,3-4,7-9,18H2,1H3,(H,19,21). The highest BCUT2D eigenvalue weighted by molar-refractivity contribution is 6.43. The number of likely N-dealkylation sites (tertiary alicyclic amines) is 1. The van der Waals surface area contributed by atoms with E-state index in [1.54, 1.807) is 18.2 Å². The second kappa shape index (κ2) is 7.45. The number of carbonyl (C=O) groups excluding carboxylic acids is 1. The van der Waals surface area contributed by atoms with Gasteiger partial charge < -0.3 is 11.1 Å². The molecule has 1 aliphatic heterocycles. The summed E-state index contributed by atoms with van der Waals surface area (Å²) in [5, 5.41) is 3.62. The van der Waals surface area contributed by atoms with E-state index >= 15 is 0 Å². The van der Waals surface area contributed by atoms with Crippen LogP contribution in [0, 0.1) is 5.92 Å². The van der Waals surface area contributed by atoms with Crippen LogP contribution in [0.2, 0.25) is 10.0 Å². The summed E-state index contributed by atoms with van der Waals surface area (Å²) < 4.78 is 0. The molecule has 2 atom stereocenters. The van der Waals surface area contributed by atoms with Gasteiger partial charge in [0.1, 0.15) is 0 Å². The van der Waals surface area contributed by atoms with Gasteiger partial charge in [-0.2, -0.15) is 0 Å². The van der Waals surface area contributed by atoms with Crippen LogP contribution in [0.5, 0.6) is 0 Å². The summed E-state index contributed by atoms with van der Waals surface area (Å²) in [7, 11) is 0. The molecule has 4 nitrogen and oxygen atoms in total. The molecule has 1 amide bonds. The van der Waals surface area contributed by atoms with Gasteiger partial charge in [-0.05, 0) is 37.4 Å². The second-order valence-corrected chi connectivity index (χ2v) is 6.33. The normalized spacial score (nSPS) is 23.0. The molecule has 1 aromatic rings. The highest BCUT2D eigenvalue weighted by Gasteiger charge is 2.28. The molecular weight excluding hydrogens is 309 g/mol. The average Bonchev–Trinajstić information content (AvgIpc) is 2.44. The van der Waals surface area contributed by atoms with Crippen LogP contribution in [0.15, 0.2) is 18.2 Å². The van der Waals surface area contributed by atoms with E-state index < -0.39 is 0 Å². The lowest BCUT2D eigenvalue weighted by atomic mass is 9.91. The zero-order valence-electron chi connectivity index (χ0n) is 12.1. The van der Waals surface area contributed by atoms with Crippen molar-refractivity contribution in [3.63, 3.8) is 0 Å². The molecule has 1 aliphatic rings. The molecule has 3 N–H and O–H groups in total. The predicted molar refractivity (Wildman–Crippen MR) is 87.9 cm³/mol. The van der Waals surface area contributed by atoms with Crippen molar-refractivity contribution >= 4 is 34.8 Å². The van der Waals surface area contributed by atoms with Crippen LogP contribution >= 0.6 is 23.2 Å². The minimum atomic E-state index is -0.0910. The van der Waals surface area contributed by atoms with E-state index in [1.165, 1.54) is 6.42 Å². The van der Waals surface area contributed by atoms with E-state index in [-0.39, 0.29) is 11.9 Å². The predicted octanol–water partition coefficient (Wildman–Crippen LogP) is 2.99. The maximum atomic E-state index is 12.2. The molecule has 1 saturated heterocycles. The molecule has 0 radical (unpaired) electrons. The van der Waals surface area contributed by atoms with Gasteiger partial charge in [-0.15, -0.1) is 0 Å². The third kappa shape index (κ3) is 4.10. The summed E-state index contributed by atoms with van der Waals surface area (Å²) in [5.41, 5.74) is 6.39. The molecule has 0 aliphatic carbocycles. The monoisotopic (exact) mass is 329 g/mol. The maximum Gasteiger partial charge on any atom is 0.238 e. The van der Waals surface area contributed by atoms with Crippen LogP contribution in [-0.4, -0.2) is 36.5 Å². The van der Waals surface area contributed by atoms with Crippen LogP contribution in [0.1, 0.15) is 19.8 Å². The minimum absolute atomic E-state index is 0.0910. The second-order valence-electron chi connectivity index (χ2n) is 5.54. The van der Waals surface area contributed by atoms with Gasteiger partial charge in [0.15, 0.2) is 0 Å². The lowest BCUT2D eigenvalue weighted by Crippen LogP contribution is -2.51. The maximum absolute atomic E-state index is 12.2. The van der Waals surface area contributed by atoms with Gasteiger partial charge in [-0.25, -0.2) is 0 Å². The fourth-order valence-corrected chi connectivity index (χ4v) is 3.23. The van der Waals surface area contributed by atoms with E-state index in [1.807, 2.05) is 0 Å². The molecule has 1 aromatic carbocycles. The lowest BCUT2D eigenvalue weighted by Gasteiger charge is -2.38. The van der Waals surface area contributed by atoms with Crippen LogP contribution in [0.25, 0.3) is 0 Å². The van der Waals surface area contributed by atoms with Gasteiger partial charge in [0.05, 0.1) is 22.3 Å². The number of benzene rings is 1. The van der Waals surface area contributed by atoms with Crippen molar-refractivity contribution < 1.29 is 4.79 Å². The fraction of sp³-hybridized carbons (Fsp3) is 0.533. The Morgan fingerprint density at radius 3 is 2.95 bits per heavy atom. The molecule has 0 bridgehead atoms. The van der Waals surface area contributed by atoms with Gasteiger partial charge in [0.2, 0.25) is 5.91 Å². The first-order valence-corrected chi connectivity index (χ1v) is 7.96. The Balaban J connectivity index is 1.99. The lowest BCUT2D eigenvalue weighted by molar-refractivity contribution is -0.118. The number of rotatable bonds is 4. The van der Waals surface area contributed by atoms with Crippen LogP contribution < -0.4 is 11.1 Å². The third-order valence-corrected chi connectivity index (χ3v) is 4.86. The van der Waals surface area contributed by atoms with Gasteiger partial charge >= 0.3 is 0 Å². The van der Waals surface area contributed by atoms with Crippen LogP contribution in [0.3, 0.4) is 0 Å². The van der Waals surface area contributed by atoms with E-state index in [0.29, 0.717) is 34.7 Å². The quantitative estimate of drug-likeness (QED) is 0.892. The van der Waals surface area contributed by atoms with Gasteiger partial charge in [-0.3, -0.25) is 9.69 Å². The average molecular weight is 330 g/mol. The Morgan fingerprint density at radius 1 is 1.48 bits per heavy atom. The Hall–Kier alpha value is -0.810. The van der Waals surface area contributed by atoms with Gasteiger partial charge in [0.25, 0.3) is 0 Å². The Bertz CT molecular complexity index is 510. The van der Waals surface area contributed by atoms with Gasteiger partial charge in [-0.1, -0.05) is 36.2 Å². The number of nitrogens with two attached hydrogens (primary N) is 1. The summed E-state index contributed by atoms with van der Waals surface area (Å²) in [5.74, 6) is 0.429. The molecule has 0 aromatic heterocycles. The Kier molecular flexibility index (Phi) is 5.88. The highest BCUT2D eigenvalue weighted by Crippen LogP contribution is 2.29. The molecule has 1 heterocycles. The topological polar surface area (TPSA) is 58.4 Å². The number of nitrogens with zero attached hydrogens (tertiary/aromatic N) is 1. The summed E-state index contributed by atoms with van der Waals surface area (Å²) in [6.07, 6.45) is 2.27. The molecule has 2 rings (SSSR count). The number of carbonyl (C=O) groups is 1. The molecule has 2 unspecified atom stereocenters. The number of halogens is 2. The van der Waals surface area contributed by atoms with Crippen molar-refractivity contribution in [2.75, 3.05) is 25.0 Å². The zero-order valence-corrected chi connectivity index (χ0v) is 13.6. The summed E-state index contributed by atoms with van der Waals surface area (Å²) >= 11 is 12.0. The smallest absolute Gasteiger partial charge is 0.238 e. The molecule has 6 heteroatoms. The molecule has 1 fully saturated rings. The number of hydrogen-bond donors (Lipinski definition) is 2. The molecule has 21 heavy (non-hydrogen) atoms. The first-order valence-electron chi connectivity index (χ1n) is 7.21. The summed E-state index contributed by atoms with van der Waals surface area (Å²) in [6, 6.07) is 5.45. The molecular formula is C15H21Cl2N3O. The van der Waals surface area contributed by atoms with Crippen molar-refractivity contribution in [1.29, 1.82) is 0 Å². The number of hydrogen-bond acceptors (Lipinski definition) is 3.